The molecule has 4 N–H and O–H groups in total. The molecule has 0 atom stereocenters. The standard InChI is InChI=1S/C30H25N3O2.C29H29N3O2.C29H28N2O3/c31-18-22-16-21(6-9-29(22)35-24-10-14-34-15-11-24)25-2-1-3-27-26(25)17-28(33-27)20-4-7-23(8-5-20)30(19-32)12-13-30;1-32(2)19-20-5-3-6-22(15-20)28-17-26-25(7-4-8-27(26)31-28)21-9-10-29(23(16-21)18-30)34-24-11-13-33-14-12-24;1-29(2,32)22-6-3-5-20(16-22)27-17-25-24(7-4-8-26(25)31-27)19-9-10-28(21(15-19)18-30)34-23-11-13-33-14-12-23/h1-9,16-17,24,33H,10-15H2;3-10,15-17,24,31H,11-14,19H2,1-2H3;3-10,15-17,23,31-32H,11-14H2,1-2H3. The van der Waals surface area contributed by atoms with E-state index >= 15 is 0 Å². The summed E-state index contributed by atoms with van der Waals surface area (Å²) in [6.07, 6.45) is 7.25. The van der Waals surface area contributed by atoms with Gasteiger partial charge in [-0.25, -0.2) is 0 Å². The fraction of sp³-hybridized carbons (Fsp3) is 0.273. The van der Waals surface area contributed by atoms with Crippen LogP contribution in [0.3, 0.4) is 0 Å². The Kier molecular flexibility index (Phi) is 20.4. The summed E-state index contributed by atoms with van der Waals surface area (Å²) in [6, 6.07) is 77.0. The van der Waals surface area contributed by atoms with Gasteiger partial charge in [0, 0.05) is 94.9 Å². The number of hydrogen-bond acceptors (Lipinski definition) is 12. The molecule has 0 bridgehead atoms. The zero-order valence-electron chi connectivity index (χ0n) is 58.5. The maximum atomic E-state index is 10.4. The van der Waals surface area contributed by atoms with Gasteiger partial charge in [-0.1, -0.05) is 115 Å². The number of aliphatic hydroxyl groups is 1. The van der Waals surface area contributed by atoms with Gasteiger partial charge in [0.15, 0.2) is 0 Å². The molecule has 15 nitrogen and oxygen atoms in total. The van der Waals surface area contributed by atoms with Gasteiger partial charge in [-0.2, -0.15) is 21.0 Å². The molecular formula is C88H82N8O7. The van der Waals surface area contributed by atoms with Crippen LogP contribution in [-0.2, 0) is 31.8 Å². The van der Waals surface area contributed by atoms with Gasteiger partial charge in [-0.3, -0.25) is 0 Å². The minimum Gasteiger partial charge on any atom is -0.489 e. The van der Waals surface area contributed by atoms with Gasteiger partial charge in [-0.05, 0) is 192 Å². The van der Waals surface area contributed by atoms with Crippen LogP contribution < -0.4 is 14.2 Å². The summed E-state index contributed by atoms with van der Waals surface area (Å²) < 4.78 is 34.6. The van der Waals surface area contributed by atoms with Crippen LogP contribution in [0.5, 0.6) is 17.2 Å². The molecule has 16 rings (SSSR count). The van der Waals surface area contributed by atoms with Crippen LogP contribution >= 0.6 is 0 Å². The second-order valence-electron chi connectivity index (χ2n) is 28.0. The highest BCUT2D eigenvalue weighted by molar-refractivity contribution is 6.01. The zero-order valence-corrected chi connectivity index (χ0v) is 58.5. The van der Waals surface area contributed by atoms with Crippen LogP contribution in [0.4, 0.5) is 0 Å². The molecule has 0 unspecified atom stereocenters. The molecule has 3 aromatic heterocycles. The number of fused-ring (bicyclic) bond motifs is 3. The third-order valence-electron chi connectivity index (χ3n) is 19.9. The maximum Gasteiger partial charge on any atom is 0.137 e. The van der Waals surface area contributed by atoms with E-state index in [-0.39, 0.29) is 23.7 Å². The number of nitrogens with zero attached hydrogens (tertiary/aromatic N) is 5. The number of nitriles is 4. The lowest BCUT2D eigenvalue weighted by Gasteiger charge is -2.24. The van der Waals surface area contributed by atoms with Crippen LogP contribution in [0.2, 0.25) is 0 Å². The molecule has 0 radical (unpaired) electrons. The highest BCUT2D eigenvalue weighted by atomic mass is 16.5. The molecule has 516 valence electrons. The molecule has 6 heterocycles. The molecule has 3 saturated heterocycles. The van der Waals surface area contributed by atoms with E-state index in [1.54, 1.807) is 13.8 Å². The molecule has 9 aromatic carbocycles. The predicted molar refractivity (Wildman–Crippen MR) is 404 cm³/mol. The first-order chi connectivity index (χ1) is 50.2. The van der Waals surface area contributed by atoms with Crippen molar-refractivity contribution in [2.75, 3.05) is 53.7 Å². The molecular weight excluding hydrogens is 1280 g/mol. The lowest BCUT2D eigenvalue weighted by molar-refractivity contribution is 0.0252. The molecule has 3 aliphatic heterocycles. The highest BCUT2D eigenvalue weighted by Gasteiger charge is 2.44. The SMILES string of the molecule is CC(C)(O)c1cccc(-c2cc3c(-c4ccc(OC5CCOCC5)c(C#N)c4)cccc3[nH]2)c1.CN(C)Cc1cccc(-c2cc3c(-c4ccc(OC5CCOCC5)c(C#N)c4)cccc3[nH]2)c1.N#Cc1cc(-c2cccc3[nH]c(-c4ccc(C5(C#N)CC5)cc4)cc23)ccc1OC1CCOCC1. The Hall–Kier alpha value is -11.2. The number of rotatable bonds is 16. The summed E-state index contributed by atoms with van der Waals surface area (Å²) in [5, 5.41) is 52.6. The van der Waals surface area contributed by atoms with Crippen LogP contribution in [0.15, 0.2) is 200 Å². The van der Waals surface area contributed by atoms with Crippen molar-refractivity contribution in [3.63, 3.8) is 0 Å². The second-order valence-corrected chi connectivity index (χ2v) is 28.0. The summed E-state index contributed by atoms with van der Waals surface area (Å²) in [5.41, 5.74) is 19.4. The van der Waals surface area contributed by atoms with Crippen LogP contribution in [0, 0.1) is 45.3 Å². The predicted octanol–water partition coefficient (Wildman–Crippen LogP) is 18.6. The maximum absolute atomic E-state index is 10.4. The third kappa shape index (κ3) is 15.6. The minimum absolute atomic E-state index is 0.0852. The monoisotopic (exact) mass is 1360 g/mol. The van der Waals surface area contributed by atoms with E-state index in [1.165, 1.54) is 11.1 Å². The lowest BCUT2D eigenvalue weighted by atomic mass is 9.95. The first-order valence-corrected chi connectivity index (χ1v) is 35.5. The smallest absolute Gasteiger partial charge is 0.137 e. The van der Waals surface area contributed by atoms with Crippen molar-refractivity contribution < 1.29 is 33.5 Å². The average Bonchev–Trinajstić information content (AvgIpc) is 1.77. The summed E-state index contributed by atoms with van der Waals surface area (Å²) in [6.45, 7) is 8.69. The molecule has 103 heavy (non-hydrogen) atoms. The van der Waals surface area contributed by atoms with E-state index in [9.17, 15) is 26.2 Å². The van der Waals surface area contributed by atoms with Crippen LogP contribution in [0.1, 0.15) is 98.6 Å². The Morgan fingerprint density at radius 2 is 0.806 bits per heavy atom. The van der Waals surface area contributed by atoms with Gasteiger partial charge in [0.2, 0.25) is 0 Å². The molecule has 1 aliphatic carbocycles. The number of aromatic nitrogens is 3. The fourth-order valence-corrected chi connectivity index (χ4v) is 14.1. The molecule has 4 fully saturated rings. The zero-order chi connectivity index (χ0) is 71.0. The number of H-pyrrole nitrogens is 3. The fourth-order valence-electron chi connectivity index (χ4n) is 14.1. The van der Waals surface area contributed by atoms with Crippen molar-refractivity contribution in [1.82, 2.24) is 19.9 Å². The van der Waals surface area contributed by atoms with E-state index in [2.05, 4.69) is 173 Å². The largest absolute Gasteiger partial charge is 0.489 e. The van der Waals surface area contributed by atoms with Crippen molar-refractivity contribution in [1.29, 1.82) is 21.0 Å². The molecule has 0 amide bonds. The van der Waals surface area contributed by atoms with Crippen LogP contribution in [-0.4, -0.2) is 97.0 Å². The number of ether oxygens (including phenoxy) is 6. The van der Waals surface area contributed by atoms with Crippen molar-refractivity contribution in [3.8, 4) is 109 Å². The van der Waals surface area contributed by atoms with E-state index < -0.39 is 5.60 Å². The van der Waals surface area contributed by atoms with E-state index in [0.29, 0.717) is 73.6 Å². The summed E-state index contributed by atoms with van der Waals surface area (Å²) in [7, 11) is 4.16. The molecule has 15 heteroatoms. The minimum atomic E-state index is -0.907. The van der Waals surface area contributed by atoms with E-state index in [0.717, 1.165) is 163 Å². The molecule has 12 aromatic rings. The van der Waals surface area contributed by atoms with Crippen LogP contribution in [0.25, 0.3) is 99.9 Å². The first kappa shape index (κ1) is 68.9. The van der Waals surface area contributed by atoms with Crippen molar-refractivity contribution in [2.24, 2.45) is 0 Å². The molecule has 1 saturated carbocycles. The van der Waals surface area contributed by atoms with Crippen molar-refractivity contribution in [3.05, 3.63) is 234 Å². The van der Waals surface area contributed by atoms with Gasteiger partial charge >= 0.3 is 0 Å². The summed E-state index contributed by atoms with van der Waals surface area (Å²) in [4.78, 5) is 12.8. The topological polar surface area (TPSA) is 221 Å². The highest BCUT2D eigenvalue weighted by Crippen LogP contribution is 2.48. The average molecular weight is 1360 g/mol. The molecule has 4 aliphatic rings. The second kappa shape index (κ2) is 30.5. The first-order valence-electron chi connectivity index (χ1n) is 35.5. The van der Waals surface area contributed by atoms with Crippen molar-refractivity contribution in [2.45, 2.75) is 101 Å². The summed E-state index contributed by atoms with van der Waals surface area (Å²) in [5.74, 6) is 1.91. The van der Waals surface area contributed by atoms with E-state index in [1.807, 2.05) is 84.9 Å². The summed E-state index contributed by atoms with van der Waals surface area (Å²) >= 11 is 0. The van der Waals surface area contributed by atoms with Crippen molar-refractivity contribution >= 4 is 32.7 Å². The molecule has 0 spiro atoms. The normalized spacial score (nSPS) is 15.4. The van der Waals surface area contributed by atoms with Gasteiger partial charge < -0.3 is 53.4 Å². The Morgan fingerprint density at radius 1 is 0.437 bits per heavy atom. The van der Waals surface area contributed by atoms with Gasteiger partial charge in [0.25, 0.3) is 0 Å². The number of hydrogen-bond donors (Lipinski definition) is 4. The third-order valence-corrected chi connectivity index (χ3v) is 19.9. The number of nitrogens with one attached hydrogen (secondary N) is 3. The number of benzene rings is 9. The Balaban J connectivity index is 0.000000131. The Labute approximate surface area is 601 Å². The lowest BCUT2D eigenvalue weighted by Crippen LogP contribution is -2.26. The van der Waals surface area contributed by atoms with Gasteiger partial charge in [0.05, 0.1) is 73.4 Å². The number of aromatic amines is 3. The van der Waals surface area contributed by atoms with E-state index in [4.69, 9.17) is 28.4 Å². The Morgan fingerprint density at radius 3 is 1.17 bits per heavy atom. The quantitative estimate of drug-likeness (QED) is 0.0710. The van der Waals surface area contributed by atoms with Gasteiger partial charge in [-0.15, -0.1) is 0 Å². The Bertz CT molecular complexity index is 5220. The van der Waals surface area contributed by atoms with Gasteiger partial charge in [0.1, 0.15) is 53.8 Å².